The van der Waals surface area contributed by atoms with Gasteiger partial charge < -0.3 is 10.1 Å². The molecule has 1 amide bonds. The van der Waals surface area contributed by atoms with Crippen LogP contribution in [0.25, 0.3) is 16.5 Å². The number of hydrogen-bond acceptors (Lipinski definition) is 6. The van der Waals surface area contributed by atoms with E-state index in [0.717, 1.165) is 25.7 Å². The topological polar surface area (TPSA) is 90.3 Å². The summed E-state index contributed by atoms with van der Waals surface area (Å²) < 4.78 is 6.33. The molecule has 0 spiro atoms. The number of ether oxygens (including phenoxy) is 1. The van der Waals surface area contributed by atoms with Crippen LogP contribution in [0.15, 0.2) is 40.5 Å². The molecule has 7 nitrogen and oxygen atoms in total. The monoisotopic (exact) mass is 411 g/mol. The minimum atomic E-state index is -0.603. The number of nitrogens with one attached hydrogen (secondary N) is 1. The fourth-order valence-corrected chi connectivity index (χ4v) is 4.58. The minimum Gasteiger partial charge on any atom is -0.461 e. The van der Waals surface area contributed by atoms with Crippen molar-refractivity contribution >= 4 is 39.0 Å². The molecule has 0 atom stereocenters. The zero-order chi connectivity index (χ0) is 20.4. The van der Waals surface area contributed by atoms with Crippen LogP contribution in [0.5, 0.6) is 0 Å². The Balaban J connectivity index is 1.86. The molecule has 0 aliphatic heterocycles. The van der Waals surface area contributed by atoms with E-state index in [1.54, 1.807) is 36.6 Å². The summed E-state index contributed by atoms with van der Waals surface area (Å²) in [6.07, 6.45) is 3.81. The standard InChI is InChI=1S/C21H21N3O4S/c1-2-28-21(27)17-15-12-29-19(22-18(25)13-8-6-7-9-13)16(15)20(26)24(23-17)14-10-4-3-5-11-14/h3-5,10-13H,2,6-9H2,1H3,(H,22,25). The summed E-state index contributed by atoms with van der Waals surface area (Å²) in [6.45, 7) is 1.91. The lowest BCUT2D eigenvalue weighted by molar-refractivity contribution is -0.119. The van der Waals surface area contributed by atoms with Crippen LogP contribution in [-0.4, -0.2) is 28.3 Å². The fourth-order valence-electron chi connectivity index (χ4n) is 3.64. The van der Waals surface area contributed by atoms with E-state index in [4.69, 9.17) is 4.74 Å². The van der Waals surface area contributed by atoms with Crippen molar-refractivity contribution < 1.29 is 14.3 Å². The molecule has 0 radical (unpaired) electrons. The molecule has 1 fully saturated rings. The maximum absolute atomic E-state index is 13.3. The van der Waals surface area contributed by atoms with E-state index in [1.165, 1.54) is 16.0 Å². The van der Waals surface area contributed by atoms with Crippen LogP contribution in [0.3, 0.4) is 0 Å². The van der Waals surface area contributed by atoms with Crippen molar-refractivity contribution in [1.29, 1.82) is 0 Å². The van der Waals surface area contributed by atoms with Crippen LogP contribution in [0, 0.1) is 5.92 Å². The molecule has 0 saturated heterocycles. The molecule has 150 valence electrons. The lowest BCUT2D eigenvalue weighted by atomic mass is 10.1. The lowest BCUT2D eigenvalue weighted by Gasteiger charge is -2.11. The number of carbonyl (C=O) groups excluding carboxylic acids is 2. The molecule has 1 aromatic carbocycles. The number of esters is 1. The largest absolute Gasteiger partial charge is 0.461 e. The second-order valence-electron chi connectivity index (χ2n) is 6.95. The molecular formula is C21H21N3O4S. The highest BCUT2D eigenvalue weighted by Crippen LogP contribution is 2.32. The molecule has 4 rings (SSSR count). The predicted molar refractivity (Wildman–Crippen MR) is 112 cm³/mol. The van der Waals surface area contributed by atoms with E-state index in [0.29, 0.717) is 16.1 Å². The number of amides is 1. The normalized spacial score (nSPS) is 14.2. The smallest absolute Gasteiger partial charge is 0.359 e. The summed E-state index contributed by atoms with van der Waals surface area (Å²) in [5.74, 6) is -0.713. The second-order valence-corrected chi connectivity index (χ2v) is 7.83. The maximum atomic E-state index is 13.3. The third kappa shape index (κ3) is 3.67. The zero-order valence-corrected chi connectivity index (χ0v) is 16.8. The van der Waals surface area contributed by atoms with Crippen molar-refractivity contribution in [2.75, 3.05) is 11.9 Å². The SMILES string of the molecule is CCOC(=O)c1nn(-c2ccccc2)c(=O)c2c(NC(=O)C3CCCC3)scc12. The Bertz CT molecular complexity index is 1110. The Labute approximate surface area is 171 Å². The van der Waals surface area contributed by atoms with Gasteiger partial charge in [0.25, 0.3) is 5.56 Å². The Morgan fingerprint density at radius 2 is 1.97 bits per heavy atom. The number of rotatable bonds is 5. The lowest BCUT2D eigenvalue weighted by Crippen LogP contribution is -2.26. The van der Waals surface area contributed by atoms with Gasteiger partial charge in [-0.05, 0) is 31.9 Å². The van der Waals surface area contributed by atoms with Crippen LogP contribution < -0.4 is 10.9 Å². The van der Waals surface area contributed by atoms with Crippen LogP contribution >= 0.6 is 11.3 Å². The van der Waals surface area contributed by atoms with Crippen LogP contribution in [0.1, 0.15) is 43.1 Å². The highest BCUT2D eigenvalue weighted by molar-refractivity contribution is 7.16. The third-order valence-electron chi connectivity index (χ3n) is 5.08. The Morgan fingerprint density at radius 3 is 2.66 bits per heavy atom. The molecule has 2 aromatic heterocycles. The van der Waals surface area contributed by atoms with Gasteiger partial charge in [0.05, 0.1) is 17.7 Å². The van der Waals surface area contributed by atoms with Gasteiger partial charge in [0.2, 0.25) is 5.91 Å². The van der Waals surface area contributed by atoms with Gasteiger partial charge in [0, 0.05) is 16.7 Å². The number of thiophene rings is 1. The molecule has 8 heteroatoms. The second kappa shape index (κ2) is 8.16. The van der Waals surface area contributed by atoms with Crippen molar-refractivity contribution in [2.24, 2.45) is 5.92 Å². The molecule has 0 unspecified atom stereocenters. The van der Waals surface area contributed by atoms with Crippen molar-refractivity contribution in [2.45, 2.75) is 32.6 Å². The summed E-state index contributed by atoms with van der Waals surface area (Å²) in [7, 11) is 0. The first-order valence-electron chi connectivity index (χ1n) is 9.68. The summed E-state index contributed by atoms with van der Waals surface area (Å²) in [4.78, 5) is 38.4. The van der Waals surface area contributed by atoms with Crippen LogP contribution in [-0.2, 0) is 9.53 Å². The molecule has 0 bridgehead atoms. The van der Waals surface area contributed by atoms with E-state index >= 15 is 0 Å². The van der Waals surface area contributed by atoms with Gasteiger partial charge in [-0.2, -0.15) is 9.78 Å². The van der Waals surface area contributed by atoms with Crippen molar-refractivity contribution in [3.05, 3.63) is 51.8 Å². The van der Waals surface area contributed by atoms with Gasteiger partial charge in [-0.3, -0.25) is 9.59 Å². The van der Waals surface area contributed by atoms with E-state index in [-0.39, 0.29) is 35.1 Å². The summed E-state index contributed by atoms with van der Waals surface area (Å²) in [6, 6.07) is 8.87. The first-order valence-corrected chi connectivity index (χ1v) is 10.6. The molecule has 29 heavy (non-hydrogen) atoms. The molecule has 3 aromatic rings. The number of para-hydroxylation sites is 1. The highest BCUT2D eigenvalue weighted by Gasteiger charge is 2.26. The van der Waals surface area contributed by atoms with Gasteiger partial charge >= 0.3 is 5.97 Å². The molecule has 1 saturated carbocycles. The first-order chi connectivity index (χ1) is 14.1. The van der Waals surface area contributed by atoms with Crippen molar-refractivity contribution in [3.8, 4) is 5.69 Å². The Hall–Kier alpha value is -3.00. The van der Waals surface area contributed by atoms with Gasteiger partial charge in [0.15, 0.2) is 5.69 Å². The zero-order valence-electron chi connectivity index (χ0n) is 16.0. The van der Waals surface area contributed by atoms with Gasteiger partial charge in [0.1, 0.15) is 5.00 Å². The first kappa shape index (κ1) is 19.3. The van der Waals surface area contributed by atoms with Gasteiger partial charge in [-0.1, -0.05) is 31.0 Å². The third-order valence-corrected chi connectivity index (χ3v) is 5.98. The number of aromatic nitrogens is 2. The highest BCUT2D eigenvalue weighted by atomic mass is 32.1. The number of anilines is 1. The number of carbonyl (C=O) groups is 2. The van der Waals surface area contributed by atoms with Crippen molar-refractivity contribution in [1.82, 2.24) is 9.78 Å². The quantitative estimate of drug-likeness (QED) is 0.646. The Morgan fingerprint density at radius 1 is 1.24 bits per heavy atom. The molecule has 1 aliphatic carbocycles. The van der Waals surface area contributed by atoms with Crippen LogP contribution in [0.4, 0.5) is 5.00 Å². The van der Waals surface area contributed by atoms with Gasteiger partial charge in [-0.15, -0.1) is 11.3 Å². The molecule has 2 heterocycles. The Kier molecular flexibility index (Phi) is 5.44. The average Bonchev–Trinajstić information content (AvgIpc) is 3.40. The number of hydrogen-bond donors (Lipinski definition) is 1. The van der Waals surface area contributed by atoms with E-state index in [9.17, 15) is 14.4 Å². The summed E-state index contributed by atoms with van der Waals surface area (Å²) in [5.41, 5.74) is 0.203. The average molecular weight is 411 g/mol. The van der Waals surface area contributed by atoms with E-state index < -0.39 is 5.97 Å². The fraction of sp³-hybridized carbons (Fsp3) is 0.333. The van der Waals surface area contributed by atoms with Gasteiger partial charge in [-0.25, -0.2) is 4.79 Å². The molecule has 1 N–H and O–H groups in total. The predicted octanol–water partition coefficient (Wildman–Crippen LogP) is 3.75. The number of nitrogens with zero attached hydrogens (tertiary/aromatic N) is 2. The number of fused-ring (bicyclic) bond motifs is 1. The molecule has 1 aliphatic rings. The minimum absolute atomic E-state index is 0.0325. The molecular weight excluding hydrogens is 390 g/mol. The van der Waals surface area contributed by atoms with E-state index in [2.05, 4.69) is 10.4 Å². The summed E-state index contributed by atoms with van der Waals surface area (Å²) >= 11 is 1.22. The van der Waals surface area contributed by atoms with E-state index in [1.807, 2.05) is 6.07 Å². The maximum Gasteiger partial charge on any atom is 0.359 e. The number of benzene rings is 1. The van der Waals surface area contributed by atoms with Crippen LogP contribution in [0.2, 0.25) is 0 Å². The summed E-state index contributed by atoms with van der Waals surface area (Å²) in [5, 5.41) is 9.99. The van der Waals surface area contributed by atoms with Crippen molar-refractivity contribution in [3.63, 3.8) is 0 Å².